The monoisotopic (exact) mass is 716 g/mol. The summed E-state index contributed by atoms with van der Waals surface area (Å²) in [5.74, 6) is 0.691. The molecule has 5 nitrogen and oxygen atoms in total. The van der Waals surface area contributed by atoms with E-state index >= 15 is 0 Å². The van der Waals surface area contributed by atoms with Gasteiger partial charge in [0.2, 0.25) is 0 Å². The molecular formula is C43H54Cl2N2O3. The zero-order chi connectivity index (χ0) is 37.1. The molecule has 268 valence electrons. The summed E-state index contributed by atoms with van der Waals surface area (Å²) in [4.78, 5) is 4.17. The Morgan fingerprint density at radius 2 is 1.16 bits per heavy atom. The van der Waals surface area contributed by atoms with Crippen molar-refractivity contribution < 1.29 is 14.9 Å². The minimum absolute atomic E-state index is 0.00886. The standard InChI is InChI=1S/C22H29NO2.C21H25Cl2NO/c1-17(14-19-10-7-6-8-11-19)22(24,18(2)16-23(3)4)20-12-9-13-21(15-20)25-5;1-15(12-17-8-6-5-7-9-17)21(25,16(2)14-24(3)4)19-11-10-18(22)13-20(19)23/h6-15,18,24H,16H2,1-5H3;5-13,16,25H,14H2,1-4H3. The lowest BCUT2D eigenvalue weighted by molar-refractivity contribution is 0.0103. The highest BCUT2D eigenvalue weighted by Crippen LogP contribution is 2.42. The summed E-state index contributed by atoms with van der Waals surface area (Å²) in [5, 5.41) is 24.6. The summed E-state index contributed by atoms with van der Waals surface area (Å²) >= 11 is 12.5. The molecule has 0 saturated carbocycles. The van der Waals surface area contributed by atoms with E-state index in [1.807, 2.05) is 146 Å². The number of rotatable bonds is 13. The van der Waals surface area contributed by atoms with Crippen molar-refractivity contribution in [1.82, 2.24) is 9.80 Å². The summed E-state index contributed by atoms with van der Waals surface area (Å²) in [5.41, 5.74) is 3.15. The van der Waals surface area contributed by atoms with Gasteiger partial charge in [-0.1, -0.05) is 128 Å². The number of ether oxygens (including phenoxy) is 1. The quantitative estimate of drug-likeness (QED) is 0.144. The zero-order valence-corrected chi connectivity index (χ0v) is 32.5. The van der Waals surface area contributed by atoms with Crippen molar-refractivity contribution in [1.29, 1.82) is 0 Å². The van der Waals surface area contributed by atoms with Crippen LogP contribution in [0.2, 0.25) is 10.0 Å². The van der Waals surface area contributed by atoms with E-state index < -0.39 is 11.2 Å². The molecule has 7 heteroatoms. The van der Waals surface area contributed by atoms with Gasteiger partial charge < -0.3 is 24.7 Å². The average Bonchev–Trinajstić information content (AvgIpc) is 3.08. The first-order chi connectivity index (χ1) is 23.6. The van der Waals surface area contributed by atoms with Crippen LogP contribution in [0.15, 0.2) is 114 Å². The third-order valence-electron chi connectivity index (χ3n) is 9.12. The molecule has 4 atom stereocenters. The SMILES string of the molecule is CC(=Cc1ccccc1)C(O)(c1ccc(Cl)cc1Cl)C(C)CN(C)C.COc1cccc(C(O)(C(C)=Cc2ccccc2)C(C)CN(C)C)c1. The van der Waals surface area contributed by atoms with Crippen LogP contribution in [-0.4, -0.2) is 68.4 Å². The Hall–Kier alpha value is -3.42. The zero-order valence-electron chi connectivity index (χ0n) is 31.0. The summed E-state index contributed by atoms with van der Waals surface area (Å²) in [6.07, 6.45) is 4.07. The van der Waals surface area contributed by atoms with Crippen molar-refractivity contribution in [3.63, 3.8) is 0 Å². The predicted molar refractivity (Wildman–Crippen MR) is 213 cm³/mol. The minimum atomic E-state index is -1.19. The number of aliphatic hydroxyl groups is 2. The third kappa shape index (κ3) is 10.6. The van der Waals surface area contributed by atoms with Crippen LogP contribution in [-0.2, 0) is 11.2 Å². The number of hydrogen-bond donors (Lipinski definition) is 2. The van der Waals surface area contributed by atoms with Crippen LogP contribution in [0.4, 0.5) is 0 Å². The fourth-order valence-electron chi connectivity index (χ4n) is 6.60. The Balaban J connectivity index is 0.000000270. The first-order valence-electron chi connectivity index (χ1n) is 16.9. The molecule has 0 aromatic heterocycles. The number of benzene rings is 4. The highest BCUT2D eigenvalue weighted by atomic mass is 35.5. The van der Waals surface area contributed by atoms with Crippen LogP contribution >= 0.6 is 23.2 Å². The van der Waals surface area contributed by atoms with E-state index in [0.717, 1.165) is 46.7 Å². The molecule has 0 bridgehead atoms. The second kappa shape index (κ2) is 18.7. The van der Waals surface area contributed by atoms with Crippen LogP contribution < -0.4 is 4.74 Å². The Labute approximate surface area is 310 Å². The summed E-state index contributed by atoms with van der Waals surface area (Å²) < 4.78 is 5.37. The van der Waals surface area contributed by atoms with Gasteiger partial charge in [0.25, 0.3) is 0 Å². The van der Waals surface area contributed by atoms with E-state index in [4.69, 9.17) is 27.9 Å². The maximum absolute atomic E-state index is 11.8. The number of methoxy groups -OCH3 is 1. The molecular weight excluding hydrogens is 663 g/mol. The number of halogens is 2. The lowest BCUT2D eigenvalue weighted by atomic mass is 9.76. The predicted octanol–water partition coefficient (Wildman–Crippen LogP) is 9.67. The molecule has 4 rings (SSSR count). The van der Waals surface area contributed by atoms with Crippen LogP contribution in [0.5, 0.6) is 5.75 Å². The largest absolute Gasteiger partial charge is 0.497 e. The highest BCUT2D eigenvalue weighted by Gasteiger charge is 2.40. The van der Waals surface area contributed by atoms with Gasteiger partial charge in [0.15, 0.2) is 0 Å². The van der Waals surface area contributed by atoms with E-state index in [1.165, 1.54) is 0 Å². The van der Waals surface area contributed by atoms with Gasteiger partial charge in [-0.3, -0.25) is 0 Å². The van der Waals surface area contributed by atoms with Crippen LogP contribution in [0.3, 0.4) is 0 Å². The lowest BCUT2D eigenvalue weighted by Gasteiger charge is -2.38. The molecule has 4 unspecified atom stereocenters. The van der Waals surface area contributed by atoms with Gasteiger partial charge in [-0.05, 0) is 94.1 Å². The van der Waals surface area contributed by atoms with Gasteiger partial charge in [-0.15, -0.1) is 0 Å². The molecule has 0 aliphatic rings. The van der Waals surface area contributed by atoms with E-state index in [2.05, 4.69) is 22.8 Å². The first-order valence-corrected chi connectivity index (χ1v) is 17.7. The molecule has 0 aliphatic heterocycles. The Morgan fingerprint density at radius 1 is 0.680 bits per heavy atom. The molecule has 0 amide bonds. The maximum atomic E-state index is 11.8. The summed E-state index contributed by atoms with van der Waals surface area (Å²) in [7, 11) is 9.69. The van der Waals surface area contributed by atoms with E-state index in [9.17, 15) is 10.2 Å². The Morgan fingerprint density at radius 3 is 1.62 bits per heavy atom. The van der Waals surface area contributed by atoms with Gasteiger partial charge in [0.1, 0.15) is 17.0 Å². The van der Waals surface area contributed by atoms with Crippen molar-refractivity contribution >= 4 is 35.4 Å². The second-order valence-corrected chi connectivity index (χ2v) is 14.5. The van der Waals surface area contributed by atoms with Gasteiger partial charge in [-0.2, -0.15) is 0 Å². The second-order valence-electron chi connectivity index (χ2n) is 13.7. The van der Waals surface area contributed by atoms with Crippen molar-refractivity contribution in [2.75, 3.05) is 48.4 Å². The van der Waals surface area contributed by atoms with Gasteiger partial charge in [0, 0.05) is 40.5 Å². The van der Waals surface area contributed by atoms with Crippen molar-refractivity contribution in [3.8, 4) is 5.75 Å². The van der Waals surface area contributed by atoms with Crippen LogP contribution in [0.25, 0.3) is 12.2 Å². The molecule has 2 N–H and O–H groups in total. The lowest BCUT2D eigenvalue weighted by Crippen LogP contribution is -2.40. The van der Waals surface area contributed by atoms with Crippen LogP contribution in [0.1, 0.15) is 49.9 Å². The maximum Gasteiger partial charge on any atom is 0.119 e. The normalized spacial score (nSPS) is 15.8. The molecule has 4 aromatic carbocycles. The number of nitrogens with zero attached hydrogens (tertiary/aromatic N) is 2. The van der Waals surface area contributed by atoms with E-state index in [-0.39, 0.29) is 11.8 Å². The molecule has 0 saturated heterocycles. The molecule has 0 heterocycles. The van der Waals surface area contributed by atoms with E-state index in [0.29, 0.717) is 15.6 Å². The summed E-state index contributed by atoms with van der Waals surface area (Å²) in [6, 6.07) is 33.1. The minimum Gasteiger partial charge on any atom is -0.497 e. The smallest absolute Gasteiger partial charge is 0.119 e. The molecule has 0 radical (unpaired) electrons. The molecule has 4 aromatic rings. The molecule has 0 spiro atoms. The molecule has 0 aliphatic carbocycles. The highest BCUT2D eigenvalue weighted by molar-refractivity contribution is 6.35. The topological polar surface area (TPSA) is 56.2 Å². The average molecular weight is 718 g/mol. The first kappa shape index (κ1) is 41.0. The van der Waals surface area contributed by atoms with Crippen molar-refractivity contribution in [2.45, 2.75) is 38.9 Å². The Kier molecular flexibility index (Phi) is 15.3. The number of hydrogen-bond acceptors (Lipinski definition) is 5. The van der Waals surface area contributed by atoms with Gasteiger partial charge in [-0.25, -0.2) is 0 Å². The van der Waals surface area contributed by atoms with Gasteiger partial charge >= 0.3 is 0 Å². The van der Waals surface area contributed by atoms with Crippen LogP contribution in [0, 0.1) is 11.8 Å². The van der Waals surface area contributed by atoms with E-state index in [1.54, 1.807) is 19.2 Å². The summed E-state index contributed by atoms with van der Waals surface area (Å²) in [6.45, 7) is 9.56. The molecule has 50 heavy (non-hydrogen) atoms. The van der Waals surface area contributed by atoms with Gasteiger partial charge in [0.05, 0.1) is 7.11 Å². The third-order valence-corrected chi connectivity index (χ3v) is 9.67. The van der Waals surface area contributed by atoms with Crippen molar-refractivity contribution in [2.24, 2.45) is 11.8 Å². The molecule has 0 fully saturated rings. The Bertz CT molecular complexity index is 1710. The fraction of sp³-hybridized carbons (Fsp3) is 0.349. The van der Waals surface area contributed by atoms with Crippen molar-refractivity contribution in [3.05, 3.63) is 147 Å². The fourth-order valence-corrected chi connectivity index (χ4v) is 7.16.